The molecule has 1 unspecified atom stereocenters. The van der Waals surface area contributed by atoms with Gasteiger partial charge in [-0.15, -0.1) is 11.8 Å². The van der Waals surface area contributed by atoms with E-state index in [0.717, 1.165) is 13.1 Å². The molecule has 2 rings (SSSR count). The Balaban J connectivity index is 2.10. The van der Waals surface area contributed by atoms with Gasteiger partial charge in [-0.2, -0.15) is 0 Å². The van der Waals surface area contributed by atoms with E-state index < -0.39 is 0 Å². The lowest BCUT2D eigenvalue weighted by atomic mass is 10.0. The average molecular weight is 236 g/mol. The van der Waals surface area contributed by atoms with Gasteiger partial charge in [0, 0.05) is 17.5 Å². The maximum absolute atomic E-state index is 6.14. The number of hydrogen-bond donors (Lipinski definition) is 2. The fraction of sp³-hybridized carbons (Fsp3) is 0.538. The van der Waals surface area contributed by atoms with Gasteiger partial charge in [-0.3, -0.25) is 0 Å². The number of nitrogens with two attached hydrogens (primary N) is 1. The van der Waals surface area contributed by atoms with Crippen LogP contribution in [0.4, 0.5) is 0 Å². The molecule has 0 spiro atoms. The Morgan fingerprint density at radius 2 is 2.38 bits per heavy atom. The summed E-state index contributed by atoms with van der Waals surface area (Å²) >= 11 is 1.97. The van der Waals surface area contributed by atoms with Gasteiger partial charge in [0.1, 0.15) is 0 Å². The van der Waals surface area contributed by atoms with Crippen molar-refractivity contribution in [1.82, 2.24) is 5.32 Å². The van der Waals surface area contributed by atoms with E-state index in [-0.39, 0.29) is 6.04 Å². The van der Waals surface area contributed by atoms with Gasteiger partial charge in [0.15, 0.2) is 0 Å². The molecule has 1 aromatic carbocycles. The number of hydrogen-bond acceptors (Lipinski definition) is 3. The molecular weight excluding hydrogens is 216 g/mol. The van der Waals surface area contributed by atoms with E-state index in [2.05, 4.69) is 30.4 Å². The van der Waals surface area contributed by atoms with Crippen molar-refractivity contribution < 1.29 is 0 Å². The molecule has 3 N–H and O–H groups in total. The largest absolute Gasteiger partial charge is 0.323 e. The highest BCUT2D eigenvalue weighted by atomic mass is 32.2. The fourth-order valence-electron chi connectivity index (χ4n) is 2.03. The van der Waals surface area contributed by atoms with Crippen LogP contribution >= 0.6 is 11.8 Å². The molecule has 1 heterocycles. The first-order chi connectivity index (χ1) is 7.81. The number of aryl methyl sites for hydroxylation is 1. The van der Waals surface area contributed by atoms with Crippen LogP contribution in [0.3, 0.4) is 0 Å². The van der Waals surface area contributed by atoms with Crippen LogP contribution in [0.15, 0.2) is 23.1 Å². The van der Waals surface area contributed by atoms with Gasteiger partial charge < -0.3 is 11.1 Å². The molecule has 1 atom stereocenters. The molecule has 0 saturated carbocycles. The van der Waals surface area contributed by atoms with Crippen LogP contribution in [-0.2, 0) is 6.42 Å². The number of rotatable bonds is 4. The minimum Gasteiger partial charge on any atom is -0.323 e. The third-order valence-electron chi connectivity index (χ3n) is 2.97. The molecule has 2 nitrogen and oxygen atoms in total. The van der Waals surface area contributed by atoms with E-state index >= 15 is 0 Å². The monoisotopic (exact) mass is 236 g/mol. The summed E-state index contributed by atoms with van der Waals surface area (Å²) in [6.07, 6.45) is 2.51. The molecule has 0 amide bonds. The zero-order chi connectivity index (χ0) is 11.4. The van der Waals surface area contributed by atoms with Gasteiger partial charge in [0.2, 0.25) is 0 Å². The Kier molecular flexibility index (Phi) is 4.27. The average Bonchev–Trinajstić information content (AvgIpc) is 2.35. The van der Waals surface area contributed by atoms with Crippen LogP contribution in [0.1, 0.15) is 30.5 Å². The van der Waals surface area contributed by atoms with Gasteiger partial charge in [-0.25, -0.2) is 0 Å². The molecule has 1 aliphatic heterocycles. The lowest BCUT2D eigenvalue weighted by molar-refractivity contribution is 0.614. The topological polar surface area (TPSA) is 38.0 Å². The molecular formula is C13H20N2S. The molecule has 16 heavy (non-hydrogen) atoms. The first kappa shape index (κ1) is 12.0. The highest BCUT2D eigenvalue weighted by molar-refractivity contribution is 7.99. The number of likely N-dealkylation sites (N-methyl/N-ethyl adjacent to an activating group) is 1. The molecule has 3 heteroatoms. The highest BCUT2D eigenvalue weighted by Crippen LogP contribution is 2.31. The smallest absolute Gasteiger partial charge is 0.0421 e. The number of thioether (sulfide) groups is 1. The summed E-state index contributed by atoms with van der Waals surface area (Å²) in [5.41, 5.74) is 8.90. The van der Waals surface area contributed by atoms with E-state index in [1.165, 1.54) is 34.6 Å². The zero-order valence-corrected chi connectivity index (χ0v) is 10.6. The van der Waals surface area contributed by atoms with E-state index in [0.29, 0.717) is 0 Å². The summed E-state index contributed by atoms with van der Waals surface area (Å²) in [5, 5.41) is 3.30. The molecule has 1 aliphatic rings. The van der Waals surface area contributed by atoms with Crippen LogP contribution in [0.2, 0.25) is 0 Å². The SMILES string of the molecule is CCNCC(N)c1ccc2c(c1)CCCS2. The molecule has 0 radical (unpaired) electrons. The zero-order valence-electron chi connectivity index (χ0n) is 9.83. The summed E-state index contributed by atoms with van der Waals surface area (Å²) in [7, 11) is 0. The highest BCUT2D eigenvalue weighted by Gasteiger charge is 2.12. The maximum atomic E-state index is 6.14. The third-order valence-corrected chi connectivity index (χ3v) is 4.18. The molecule has 0 aliphatic carbocycles. The number of fused-ring (bicyclic) bond motifs is 1. The first-order valence-corrected chi connectivity index (χ1v) is 7.01. The van der Waals surface area contributed by atoms with Crippen LogP contribution in [-0.4, -0.2) is 18.8 Å². The van der Waals surface area contributed by atoms with E-state index in [9.17, 15) is 0 Å². The molecule has 1 aromatic rings. The predicted octanol–water partition coefficient (Wildman–Crippen LogP) is 2.33. The van der Waals surface area contributed by atoms with Crippen molar-refractivity contribution in [3.8, 4) is 0 Å². The minimum atomic E-state index is 0.122. The lowest BCUT2D eigenvalue weighted by Crippen LogP contribution is -2.26. The van der Waals surface area contributed by atoms with Gasteiger partial charge in [-0.05, 0) is 42.3 Å². The van der Waals surface area contributed by atoms with Crippen molar-refractivity contribution in [3.05, 3.63) is 29.3 Å². The maximum Gasteiger partial charge on any atom is 0.0421 e. The van der Waals surface area contributed by atoms with Crippen LogP contribution < -0.4 is 11.1 Å². The summed E-state index contributed by atoms with van der Waals surface area (Å²) < 4.78 is 0. The van der Waals surface area contributed by atoms with Gasteiger partial charge in [0.25, 0.3) is 0 Å². The Morgan fingerprint density at radius 3 is 3.19 bits per heavy atom. The Hall–Kier alpha value is -0.510. The summed E-state index contributed by atoms with van der Waals surface area (Å²) in [6, 6.07) is 6.83. The van der Waals surface area contributed by atoms with Crippen molar-refractivity contribution in [1.29, 1.82) is 0 Å². The number of benzene rings is 1. The molecule has 0 aromatic heterocycles. The first-order valence-electron chi connectivity index (χ1n) is 6.03. The van der Waals surface area contributed by atoms with Gasteiger partial charge in [0.05, 0.1) is 0 Å². The fourth-order valence-corrected chi connectivity index (χ4v) is 3.05. The molecule has 0 bridgehead atoms. The van der Waals surface area contributed by atoms with Crippen molar-refractivity contribution in [2.24, 2.45) is 5.73 Å². The summed E-state index contributed by atoms with van der Waals surface area (Å²) in [6.45, 7) is 3.95. The minimum absolute atomic E-state index is 0.122. The van der Waals surface area contributed by atoms with Crippen LogP contribution in [0.25, 0.3) is 0 Å². The van der Waals surface area contributed by atoms with Crippen molar-refractivity contribution in [3.63, 3.8) is 0 Å². The van der Waals surface area contributed by atoms with Gasteiger partial charge >= 0.3 is 0 Å². The van der Waals surface area contributed by atoms with E-state index in [1.54, 1.807) is 0 Å². The third kappa shape index (κ3) is 2.78. The summed E-state index contributed by atoms with van der Waals surface area (Å²) in [5.74, 6) is 1.26. The lowest BCUT2D eigenvalue weighted by Gasteiger charge is -2.19. The van der Waals surface area contributed by atoms with Gasteiger partial charge in [-0.1, -0.05) is 19.1 Å². The van der Waals surface area contributed by atoms with E-state index in [4.69, 9.17) is 5.73 Å². The Morgan fingerprint density at radius 1 is 1.50 bits per heavy atom. The molecule has 88 valence electrons. The van der Waals surface area contributed by atoms with Crippen molar-refractivity contribution >= 4 is 11.8 Å². The number of nitrogens with one attached hydrogen (secondary N) is 1. The Labute approximate surface area is 102 Å². The second-order valence-electron chi connectivity index (χ2n) is 4.23. The second kappa shape index (κ2) is 5.71. The quantitative estimate of drug-likeness (QED) is 0.842. The van der Waals surface area contributed by atoms with Crippen LogP contribution in [0.5, 0.6) is 0 Å². The van der Waals surface area contributed by atoms with Crippen LogP contribution in [0, 0.1) is 0 Å². The predicted molar refractivity (Wildman–Crippen MR) is 71.0 cm³/mol. The normalized spacial score (nSPS) is 16.9. The summed E-state index contributed by atoms with van der Waals surface area (Å²) in [4.78, 5) is 1.45. The van der Waals surface area contributed by atoms with E-state index in [1.807, 2.05) is 11.8 Å². The van der Waals surface area contributed by atoms with Crippen molar-refractivity contribution in [2.75, 3.05) is 18.8 Å². The standard InChI is InChI=1S/C13H20N2S/c1-2-15-9-12(14)10-5-6-13-11(8-10)4-3-7-16-13/h5-6,8,12,15H,2-4,7,9,14H2,1H3. The molecule has 0 saturated heterocycles. The Bertz CT molecular complexity index is 352. The molecule has 0 fully saturated rings. The second-order valence-corrected chi connectivity index (χ2v) is 5.37. The van der Waals surface area contributed by atoms with Crippen molar-refractivity contribution in [2.45, 2.75) is 30.7 Å².